The van der Waals surface area contributed by atoms with Crippen LogP contribution in [0.25, 0.3) is 0 Å². The molecule has 0 amide bonds. The third kappa shape index (κ3) is 6.98. The lowest BCUT2D eigenvalue weighted by Gasteiger charge is -2.34. The van der Waals surface area contributed by atoms with Crippen molar-refractivity contribution in [2.45, 2.75) is 19.9 Å². The van der Waals surface area contributed by atoms with E-state index in [1.54, 1.807) is 26.6 Å². The van der Waals surface area contributed by atoms with Gasteiger partial charge >= 0.3 is 0 Å². The molecular formula is C23H35N7O2. The SMILES string of the molecule is CCNC(=NCc1ccc(OC)cc1OC)NCCCN1CCN(c2ncccn2)CC1. The van der Waals surface area contributed by atoms with Crippen LogP contribution >= 0.6 is 0 Å². The van der Waals surface area contributed by atoms with E-state index >= 15 is 0 Å². The van der Waals surface area contributed by atoms with Crippen LogP contribution in [0.2, 0.25) is 0 Å². The average molecular weight is 442 g/mol. The molecule has 174 valence electrons. The number of methoxy groups -OCH3 is 2. The van der Waals surface area contributed by atoms with E-state index < -0.39 is 0 Å². The maximum Gasteiger partial charge on any atom is 0.225 e. The molecule has 2 N–H and O–H groups in total. The Kier molecular flexibility index (Phi) is 9.37. The summed E-state index contributed by atoms with van der Waals surface area (Å²) in [5.74, 6) is 3.20. The first-order chi connectivity index (χ1) is 15.7. The number of benzene rings is 1. The molecule has 0 radical (unpaired) electrons. The van der Waals surface area contributed by atoms with Crippen LogP contribution in [0, 0.1) is 0 Å². The van der Waals surface area contributed by atoms with Gasteiger partial charge in [0, 0.05) is 63.3 Å². The average Bonchev–Trinajstić information content (AvgIpc) is 2.85. The van der Waals surface area contributed by atoms with Crippen LogP contribution in [-0.4, -0.2) is 80.9 Å². The van der Waals surface area contributed by atoms with Gasteiger partial charge in [0.15, 0.2) is 5.96 Å². The number of rotatable bonds is 10. The van der Waals surface area contributed by atoms with E-state index in [0.717, 1.165) is 81.2 Å². The molecule has 0 spiro atoms. The normalized spacial score (nSPS) is 14.8. The molecule has 9 heteroatoms. The second-order valence-electron chi connectivity index (χ2n) is 7.53. The maximum atomic E-state index is 5.47. The molecule has 1 aliphatic heterocycles. The van der Waals surface area contributed by atoms with E-state index in [1.807, 2.05) is 24.3 Å². The predicted octanol–water partition coefficient (Wildman–Crippen LogP) is 1.76. The van der Waals surface area contributed by atoms with Crippen molar-refractivity contribution >= 4 is 11.9 Å². The van der Waals surface area contributed by atoms with Gasteiger partial charge in [0.2, 0.25) is 5.95 Å². The van der Waals surface area contributed by atoms with Crippen molar-refractivity contribution in [3.63, 3.8) is 0 Å². The number of aliphatic imine (C=N–C) groups is 1. The number of piperazine rings is 1. The molecule has 1 aliphatic rings. The van der Waals surface area contributed by atoms with Gasteiger partial charge in [-0.15, -0.1) is 0 Å². The smallest absolute Gasteiger partial charge is 0.225 e. The molecule has 2 aromatic rings. The van der Waals surface area contributed by atoms with E-state index in [1.165, 1.54) is 0 Å². The molecule has 32 heavy (non-hydrogen) atoms. The Hall–Kier alpha value is -3.07. The summed E-state index contributed by atoms with van der Waals surface area (Å²) >= 11 is 0. The Morgan fingerprint density at radius 2 is 1.84 bits per heavy atom. The van der Waals surface area contributed by atoms with Crippen LogP contribution in [0.5, 0.6) is 11.5 Å². The minimum absolute atomic E-state index is 0.534. The van der Waals surface area contributed by atoms with E-state index in [2.05, 4.69) is 37.3 Å². The standard InChI is InChI=1S/C23H35N7O2/c1-4-24-22(28-18-19-7-8-20(31-2)17-21(19)32-3)25-11-6-12-29-13-15-30(16-14-29)23-26-9-5-10-27-23/h5,7-10,17H,4,6,11-16,18H2,1-3H3,(H2,24,25,28). The largest absolute Gasteiger partial charge is 0.497 e. The topological polar surface area (TPSA) is 87.1 Å². The number of aromatic nitrogens is 2. The lowest BCUT2D eigenvalue weighted by Crippen LogP contribution is -2.47. The lowest BCUT2D eigenvalue weighted by molar-refractivity contribution is 0.254. The molecule has 1 saturated heterocycles. The first-order valence-corrected chi connectivity index (χ1v) is 11.2. The summed E-state index contributed by atoms with van der Waals surface area (Å²) in [6, 6.07) is 7.66. The fourth-order valence-electron chi connectivity index (χ4n) is 3.62. The van der Waals surface area contributed by atoms with E-state index in [-0.39, 0.29) is 0 Å². The molecule has 0 aliphatic carbocycles. The third-order valence-corrected chi connectivity index (χ3v) is 5.40. The van der Waals surface area contributed by atoms with E-state index in [4.69, 9.17) is 14.5 Å². The summed E-state index contributed by atoms with van der Waals surface area (Å²) < 4.78 is 10.7. The quantitative estimate of drug-likeness (QED) is 0.328. The number of hydrogen-bond acceptors (Lipinski definition) is 7. The summed E-state index contributed by atoms with van der Waals surface area (Å²) in [6.07, 6.45) is 4.65. The van der Waals surface area contributed by atoms with Gasteiger partial charge < -0.3 is 25.0 Å². The Morgan fingerprint density at radius 3 is 2.53 bits per heavy atom. The summed E-state index contributed by atoms with van der Waals surface area (Å²) in [6.45, 7) is 9.34. The highest BCUT2D eigenvalue weighted by Crippen LogP contribution is 2.25. The zero-order chi connectivity index (χ0) is 22.6. The van der Waals surface area contributed by atoms with Crippen molar-refractivity contribution in [1.82, 2.24) is 25.5 Å². The Bertz CT molecular complexity index is 839. The summed E-state index contributed by atoms with van der Waals surface area (Å²) in [5, 5.41) is 6.76. The first-order valence-electron chi connectivity index (χ1n) is 11.2. The molecule has 0 unspecified atom stereocenters. The van der Waals surface area contributed by atoms with Crippen molar-refractivity contribution in [1.29, 1.82) is 0 Å². The first kappa shape index (κ1) is 23.6. The van der Waals surface area contributed by atoms with Crippen LogP contribution in [0.3, 0.4) is 0 Å². The molecule has 1 fully saturated rings. The predicted molar refractivity (Wildman–Crippen MR) is 128 cm³/mol. The minimum Gasteiger partial charge on any atom is -0.497 e. The molecule has 0 atom stereocenters. The molecule has 2 heterocycles. The lowest BCUT2D eigenvalue weighted by atomic mass is 10.2. The number of anilines is 1. The van der Waals surface area contributed by atoms with Crippen molar-refractivity contribution in [3.05, 3.63) is 42.2 Å². The van der Waals surface area contributed by atoms with Gasteiger partial charge in [0.25, 0.3) is 0 Å². The monoisotopic (exact) mass is 441 g/mol. The zero-order valence-corrected chi connectivity index (χ0v) is 19.4. The van der Waals surface area contributed by atoms with Crippen LogP contribution in [0.4, 0.5) is 5.95 Å². The van der Waals surface area contributed by atoms with Gasteiger partial charge in [-0.25, -0.2) is 15.0 Å². The number of hydrogen-bond donors (Lipinski definition) is 2. The number of guanidine groups is 1. The molecule has 1 aromatic heterocycles. The second-order valence-corrected chi connectivity index (χ2v) is 7.53. The van der Waals surface area contributed by atoms with Crippen LogP contribution in [-0.2, 0) is 6.54 Å². The Balaban J connectivity index is 1.41. The fraction of sp³-hybridized carbons (Fsp3) is 0.522. The zero-order valence-electron chi connectivity index (χ0n) is 19.4. The fourth-order valence-corrected chi connectivity index (χ4v) is 3.62. The minimum atomic E-state index is 0.534. The number of nitrogens with zero attached hydrogens (tertiary/aromatic N) is 5. The maximum absolute atomic E-state index is 5.47. The van der Waals surface area contributed by atoms with Gasteiger partial charge in [-0.2, -0.15) is 0 Å². The van der Waals surface area contributed by atoms with Crippen LogP contribution in [0.1, 0.15) is 18.9 Å². The molecular weight excluding hydrogens is 406 g/mol. The van der Waals surface area contributed by atoms with Crippen LogP contribution < -0.4 is 25.0 Å². The van der Waals surface area contributed by atoms with E-state index in [9.17, 15) is 0 Å². The van der Waals surface area contributed by atoms with Crippen molar-refractivity contribution in [2.75, 3.05) is 64.9 Å². The summed E-state index contributed by atoms with van der Waals surface area (Å²) in [7, 11) is 3.32. The molecule has 3 rings (SSSR count). The summed E-state index contributed by atoms with van der Waals surface area (Å²) in [5.41, 5.74) is 1.02. The van der Waals surface area contributed by atoms with Gasteiger partial charge in [0.05, 0.1) is 20.8 Å². The number of nitrogens with one attached hydrogen (secondary N) is 2. The molecule has 0 bridgehead atoms. The second kappa shape index (κ2) is 12.7. The van der Waals surface area contributed by atoms with Crippen molar-refractivity contribution < 1.29 is 9.47 Å². The number of ether oxygens (including phenoxy) is 2. The van der Waals surface area contributed by atoms with E-state index in [0.29, 0.717) is 6.54 Å². The highest BCUT2D eigenvalue weighted by atomic mass is 16.5. The highest BCUT2D eigenvalue weighted by molar-refractivity contribution is 5.79. The highest BCUT2D eigenvalue weighted by Gasteiger charge is 2.18. The van der Waals surface area contributed by atoms with Gasteiger partial charge in [-0.05, 0) is 38.1 Å². The molecule has 0 saturated carbocycles. The Morgan fingerprint density at radius 1 is 1.06 bits per heavy atom. The third-order valence-electron chi connectivity index (χ3n) is 5.40. The molecule has 9 nitrogen and oxygen atoms in total. The van der Waals surface area contributed by atoms with Gasteiger partial charge in [-0.3, -0.25) is 4.90 Å². The van der Waals surface area contributed by atoms with Crippen LogP contribution in [0.15, 0.2) is 41.7 Å². The van der Waals surface area contributed by atoms with Crippen molar-refractivity contribution in [3.8, 4) is 11.5 Å². The van der Waals surface area contributed by atoms with Gasteiger partial charge in [0.1, 0.15) is 11.5 Å². The van der Waals surface area contributed by atoms with Gasteiger partial charge in [-0.1, -0.05) is 0 Å². The molecule has 1 aromatic carbocycles. The Labute approximate surface area is 190 Å². The summed E-state index contributed by atoms with van der Waals surface area (Å²) in [4.78, 5) is 18.2. The van der Waals surface area contributed by atoms with Crippen molar-refractivity contribution in [2.24, 2.45) is 4.99 Å².